The molecule has 5 aromatic rings. The summed E-state index contributed by atoms with van der Waals surface area (Å²) in [5.41, 5.74) is 16.3. The summed E-state index contributed by atoms with van der Waals surface area (Å²) in [6.07, 6.45) is 9.58. The van der Waals surface area contributed by atoms with Crippen LogP contribution in [0.4, 0.5) is 0 Å². The van der Waals surface area contributed by atoms with E-state index in [-0.39, 0.29) is 35.6 Å². The van der Waals surface area contributed by atoms with Crippen LogP contribution in [0, 0.1) is 53.3 Å². The number of benzene rings is 3. The molecule has 0 bridgehead atoms. The van der Waals surface area contributed by atoms with Gasteiger partial charge < -0.3 is 29.2 Å². The fourth-order valence-corrected chi connectivity index (χ4v) is 11.3. The Morgan fingerprint density at radius 2 is 1.36 bits per heavy atom. The molecule has 4 heteroatoms. The quantitative estimate of drug-likeness (QED) is 0.172. The van der Waals surface area contributed by atoms with Crippen LogP contribution in [0.5, 0.6) is 0 Å². The van der Waals surface area contributed by atoms with E-state index in [1.54, 1.807) is 40.7 Å². The van der Waals surface area contributed by atoms with Crippen LogP contribution in [0.1, 0.15) is 83.2 Å². The van der Waals surface area contributed by atoms with E-state index < -0.39 is 0 Å². The van der Waals surface area contributed by atoms with Gasteiger partial charge in [0.15, 0.2) is 0 Å². The summed E-state index contributed by atoms with van der Waals surface area (Å²) in [4.78, 5) is 0. The Morgan fingerprint density at radius 3 is 1.93 bits per heavy atom. The van der Waals surface area contributed by atoms with E-state index in [2.05, 4.69) is 178 Å². The number of halogens is 2. The molecule has 1 saturated carbocycles. The summed E-state index contributed by atoms with van der Waals surface area (Å²) in [6.45, 7) is 22.3. The molecule has 0 aliphatic heterocycles. The average molecular weight is 859 g/mol. The average Bonchev–Trinajstić information content (AvgIpc) is 3.97. The topological polar surface area (TPSA) is 13.1 Å². The Bertz CT molecular complexity index is 2160. The molecule has 1 fully saturated rings. The van der Waals surface area contributed by atoms with Crippen LogP contribution in [-0.4, -0.2) is 3.21 Å². The number of rotatable bonds is 3. The van der Waals surface area contributed by atoms with Crippen LogP contribution in [0.25, 0.3) is 16.7 Å². The van der Waals surface area contributed by atoms with Gasteiger partial charge in [0.05, 0.1) is 0 Å². The van der Waals surface area contributed by atoms with Gasteiger partial charge in [-0.3, -0.25) is 0 Å². The van der Waals surface area contributed by atoms with Gasteiger partial charge in [-0.2, -0.15) is 17.2 Å². The summed E-state index contributed by atoms with van der Waals surface area (Å²) in [5.74, 6) is 4.93. The number of fused-ring (bicyclic) bond motifs is 6. The number of aryl methyl sites for hydroxylation is 1. The molecule has 4 aromatic carbocycles. The molecule has 4 aliphatic carbocycles. The van der Waals surface area contributed by atoms with Crippen molar-refractivity contribution in [3.8, 4) is 11.1 Å². The van der Waals surface area contributed by atoms with E-state index in [1.165, 1.54) is 60.8 Å². The van der Waals surface area contributed by atoms with E-state index in [4.69, 9.17) is 4.42 Å². The van der Waals surface area contributed by atoms with Crippen molar-refractivity contribution < 1.29 is 53.5 Å². The third-order valence-electron chi connectivity index (χ3n) is 14.5. The number of furan rings is 1. The maximum atomic E-state index is 4.99. The van der Waals surface area contributed by atoms with Gasteiger partial charge in [0, 0.05) is 17.9 Å². The third kappa shape index (κ3) is 7.34. The van der Waals surface area contributed by atoms with Gasteiger partial charge >= 0.3 is 99.2 Å². The van der Waals surface area contributed by atoms with Crippen molar-refractivity contribution in [2.45, 2.75) is 68.7 Å². The molecule has 1 aromatic heterocycles. The molecule has 0 amide bonds. The molecule has 4 aliphatic rings. The van der Waals surface area contributed by atoms with E-state index in [9.17, 15) is 0 Å². The van der Waals surface area contributed by atoms with E-state index in [0.29, 0.717) is 29.6 Å². The summed E-state index contributed by atoms with van der Waals surface area (Å²) < 4.78 is 6.41. The van der Waals surface area contributed by atoms with Crippen molar-refractivity contribution in [2.24, 2.45) is 40.4 Å². The molecule has 9 rings (SSSR count). The minimum absolute atomic E-state index is 0. The third-order valence-corrected chi connectivity index (χ3v) is 15.9. The Kier molecular flexibility index (Phi) is 13.8. The second kappa shape index (κ2) is 17.7. The zero-order chi connectivity index (χ0) is 38.4. The predicted molar refractivity (Wildman–Crippen MR) is 225 cm³/mol. The standard InChI is InChI=1S/C29H37.C13H10.C10H9O.2ClH.Zr/c1-16-13-14-25-26-23-12-10-9-11-22(23)15-24(26)27-19(4)17(2)18(3)21(6)29(27,8)28(25,7)20(16)5;1-3-7-12(8-4-1)11-13-9-5-2-6-10-13;1-8-3-2-4-10(8)9-5-6-11-7-9;;;/h9-14,16-18,20-21H,15H2,1-8H3;1-10H;2-7H,1H3;2*1H;/q-1;;-1;;;+2/p-2. The minimum atomic E-state index is 0. The van der Waals surface area contributed by atoms with Gasteiger partial charge in [0.2, 0.25) is 0 Å². The fourth-order valence-electron chi connectivity index (χ4n) is 10.5. The second-order valence-electron chi connectivity index (χ2n) is 16.7. The van der Waals surface area contributed by atoms with Crippen LogP contribution >= 0.6 is 0 Å². The van der Waals surface area contributed by atoms with E-state index in [1.807, 2.05) is 6.07 Å². The SMILES string of the molecule is C[C-]1C2=C3Cc4ccccc4C3=C3C=CC(C)C(C)C3(C)C2(C)C(C)C(C)C1C.Cc1ccc[c-]1-c1ccoc1.[Cl-].[Cl-].[Zr+2]=[C](c1ccccc1)c1ccccc1. The Balaban J connectivity index is 0.000000185. The monoisotopic (exact) mass is 856 g/mol. The van der Waals surface area contributed by atoms with Crippen molar-refractivity contribution in [1.29, 1.82) is 0 Å². The Hall–Kier alpha value is -3.29. The zero-order valence-electron chi connectivity index (χ0n) is 34.5. The van der Waals surface area contributed by atoms with Crippen molar-refractivity contribution in [3.05, 3.63) is 184 Å². The van der Waals surface area contributed by atoms with Crippen LogP contribution in [0.2, 0.25) is 0 Å². The fraction of sp³-hybridized carbons (Fsp3) is 0.327. The molecular formula is C52H56Cl2OZr-2. The van der Waals surface area contributed by atoms with Crippen LogP contribution in [0.15, 0.2) is 155 Å². The molecule has 0 radical (unpaired) electrons. The number of allylic oxidation sites excluding steroid dienone is 6. The first-order valence-electron chi connectivity index (χ1n) is 19.9. The van der Waals surface area contributed by atoms with E-state index >= 15 is 0 Å². The first kappa shape index (κ1) is 43.8. The molecule has 56 heavy (non-hydrogen) atoms. The summed E-state index contributed by atoms with van der Waals surface area (Å²) in [7, 11) is 0. The Morgan fingerprint density at radius 1 is 0.750 bits per heavy atom. The maximum absolute atomic E-state index is 4.99. The van der Waals surface area contributed by atoms with Crippen molar-refractivity contribution in [3.63, 3.8) is 0 Å². The van der Waals surface area contributed by atoms with Gasteiger partial charge in [-0.05, 0) is 34.7 Å². The molecular weight excluding hydrogens is 803 g/mol. The van der Waals surface area contributed by atoms with Crippen LogP contribution in [0.3, 0.4) is 0 Å². The second-order valence-corrected chi connectivity index (χ2v) is 18.0. The molecule has 0 saturated heterocycles. The zero-order valence-corrected chi connectivity index (χ0v) is 38.4. The van der Waals surface area contributed by atoms with Gasteiger partial charge in [-0.25, -0.2) is 5.92 Å². The van der Waals surface area contributed by atoms with Crippen LogP contribution in [-0.2, 0) is 30.7 Å². The van der Waals surface area contributed by atoms with Gasteiger partial charge in [-0.15, -0.1) is 24.6 Å². The first-order valence-corrected chi connectivity index (χ1v) is 21.2. The molecule has 7 unspecified atom stereocenters. The predicted octanol–water partition coefficient (Wildman–Crippen LogP) is 7.46. The van der Waals surface area contributed by atoms with Crippen molar-refractivity contribution in [2.75, 3.05) is 0 Å². The molecule has 290 valence electrons. The molecule has 0 N–H and O–H groups in total. The molecule has 0 spiro atoms. The number of hydrogen-bond donors (Lipinski definition) is 0. The molecule has 1 nitrogen and oxygen atoms in total. The van der Waals surface area contributed by atoms with E-state index in [0.717, 1.165) is 12.0 Å². The Labute approximate surface area is 364 Å². The van der Waals surface area contributed by atoms with Crippen LogP contribution < -0.4 is 24.8 Å². The van der Waals surface area contributed by atoms with Gasteiger partial charge in [0.1, 0.15) is 0 Å². The first-order chi connectivity index (χ1) is 25.9. The molecule has 1 heterocycles. The van der Waals surface area contributed by atoms with Crippen molar-refractivity contribution >= 4 is 8.78 Å². The molecule has 7 atom stereocenters. The summed E-state index contributed by atoms with van der Waals surface area (Å²) in [5, 5.41) is 0. The van der Waals surface area contributed by atoms with Gasteiger partial charge in [0.25, 0.3) is 0 Å². The summed E-state index contributed by atoms with van der Waals surface area (Å²) in [6, 6.07) is 38.5. The van der Waals surface area contributed by atoms with Gasteiger partial charge in [-0.1, -0.05) is 138 Å². The normalized spacial score (nSPS) is 26.8. The summed E-state index contributed by atoms with van der Waals surface area (Å²) >= 11 is 1.46. The number of hydrogen-bond acceptors (Lipinski definition) is 1. The van der Waals surface area contributed by atoms with Crippen molar-refractivity contribution in [1.82, 2.24) is 0 Å².